The largest absolute Gasteiger partial charge is 0.376 e. The van der Waals surface area contributed by atoms with Crippen LogP contribution in [0, 0.1) is 0 Å². The van der Waals surface area contributed by atoms with Gasteiger partial charge in [-0.05, 0) is 12.1 Å². The highest BCUT2D eigenvalue weighted by atomic mass is 35.5. The number of fused-ring (bicyclic) bond motifs is 1. The van der Waals surface area contributed by atoms with Crippen molar-refractivity contribution in [2.45, 2.75) is 6.54 Å². The molecule has 0 bridgehead atoms. The number of nitrogens with zero attached hydrogens (tertiary/aromatic N) is 2. The van der Waals surface area contributed by atoms with E-state index in [4.69, 9.17) is 11.6 Å². The maximum absolute atomic E-state index is 6.18. The lowest BCUT2D eigenvalue weighted by Gasteiger charge is -2.07. The summed E-state index contributed by atoms with van der Waals surface area (Å²) < 4.78 is 1.13. The Bertz CT molecular complexity index is 632. The summed E-state index contributed by atoms with van der Waals surface area (Å²) in [4.78, 5) is 11.3. The number of halogens is 1. The highest BCUT2D eigenvalue weighted by Crippen LogP contribution is 2.32. The van der Waals surface area contributed by atoms with Crippen molar-refractivity contribution in [1.82, 2.24) is 15.0 Å². The van der Waals surface area contributed by atoms with E-state index in [0.717, 1.165) is 21.6 Å². The molecule has 0 unspecified atom stereocenters. The first-order valence-electron chi connectivity index (χ1n) is 5.07. The van der Waals surface area contributed by atoms with E-state index in [1.807, 2.05) is 17.6 Å². The van der Waals surface area contributed by atoms with E-state index >= 15 is 0 Å². The number of aromatic nitrogens is 3. The molecule has 3 aromatic rings. The zero-order valence-corrected chi connectivity index (χ0v) is 10.3. The second kappa shape index (κ2) is 4.35. The summed E-state index contributed by atoms with van der Waals surface area (Å²) in [5.74, 6) is 0. The van der Waals surface area contributed by atoms with Gasteiger partial charge in [0, 0.05) is 6.20 Å². The van der Waals surface area contributed by atoms with E-state index in [2.05, 4.69) is 20.3 Å². The Morgan fingerprint density at radius 2 is 2.35 bits per heavy atom. The lowest BCUT2D eigenvalue weighted by molar-refractivity contribution is 1.08. The quantitative estimate of drug-likeness (QED) is 0.763. The van der Waals surface area contributed by atoms with Crippen LogP contribution in [0.25, 0.3) is 10.2 Å². The zero-order chi connectivity index (χ0) is 11.7. The van der Waals surface area contributed by atoms with Gasteiger partial charge in [0.1, 0.15) is 5.52 Å². The number of thiazole rings is 1. The summed E-state index contributed by atoms with van der Waals surface area (Å²) in [7, 11) is 0. The maximum atomic E-state index is 6.18. The van der Waals surface area contributed by atoms with Crippen LogP contribution in [0.1, 0.15) is 5.69 Å². The average molecular weight is 265 g/mol. The molecule has 1 aromatic carbocycles. The Morgan fingerprint density at radius 3 is 3.18 bits per heavy atom. The molecule has 2 aromatic heterocycles. The average Bonchev–Trinajstić information content (AvgIpc) is 2.97. The van der Waals surface area contributed by atoms with Crippen molar-refractivity contribution >= 4 is 38.8 Å². The van der Waals surface area contributed by atoms with Crippen molar-refractivity contribution in [1.29, 1.82) is 0 Å². The highest BCUT2D eigenvalue weighted by Gasteiger charge is 2.08. The SMILES string of the molecule is Clc1ccc2scnc2c1NCc1cnc[nH]1. The fourth-order valence-electron chi connectivity index (χ4n) is 1.64. The molecule has 2 heterocycles. The van der Waals surface area contributed by atoms with Crippen molar-refractivity contribution in [3.05, 3.63) is 40.9 Å². The van der Waals surface area contributed by atoms with Crippen molar-refractivity contribution in [3.8, 4) is 0 Å². The van der Waals surface area contributed by atoms with Gasteiger partial charge in [-0.25, -0.2) is 9.97 Å². The van der Waals surface area contributed by atoms with Gasteiger partial charge in [0.05, 0.1) is 39.5 Å². The molecule has 0 atom stereocenters. The highest BCUT2D eigenvalue weighted by molar-refractivity contribution is 7.16. The second-order valence-corrected chi connectivity index (χ2v) is 4.85. The van der Waals surface area contributed by atoms with Crippen LogP contribution in [0.2, 0.25) is 5.02 Å². The Kier molecular flexibility index (Phi) is 2.70. The molecule has 3 rings (SSSR count). The van der Waals surface area contributed by atoms with E-state index in [-0.39, 0.29) is 0 Å². The molecule has 0 saturated carbocycles. The Balaban J connectivity index is 1.93. The monoisotopic (exact) mass is 264 g/mol. The van der Waals surface area contributed by atoms with Crippen molar-refractivity contribution in [2.75, 3.05) is 5.32 Å². The summed E-state index contributed by atoms with van der Waals surface area (Å²) >= 11 is 7.78. The lowest BCUT2D eigenvalue weighted by Crippen LogP contribution is -2.00. The fourth-order valence-corrected chi connectivity index (χ4v) is 2.54. The molecule has 0 saturated heterocycles. The molecule has 86 valence electrons. The molecule has 0 fully saturated rings. The van der Waals surface area contributed by atoms with Gasteiger partial charge >= 0.3 is 0 Å². The Labute approximate surface area is 107 Å². The molecule has 6 heteroatoms. The van der Waals surface area contributed by atoms with Crippen molar-refractivity contribution in [3.63, 3.8) is 0 Å². The van der Waals surface area contributed by atoms with Crippen LogP contribution in [0.5, 0.6) is 0 Å². The summed E-state index contributed by atoms with van der Waals surface area (Å²) in [6.07, 6.45) is 3.43. The minimum atomic E-state index is 0.649. The first-order valence-corrected chi connectivity index (χ1v) is 6.33. The summed E-state index contributed by atoms with van der Waals surface area (Å²) in [6, 6.07) is 3.87. The summed E-state index contributed by atoms with van der Waals surface area (Å²) in [6.45, 7) is 0.649. The topological polar surface area (TPSA) is 53.6 Å². The van der Waals surface area contributed by atoms with Crippen LogP contribution in [0.3, 0.4) is 0 Å². The number of hydrogen-bond acceptors (Lipinski definition) is 4. The molecule has 0 radical (unpaired) electrons. The molecule has 0 aliphatic heterocycles. The number of hydrogen-bond donors (Lipinski definition) is 2. The number of benzene rings is 1. The van der Waals surface area contributed by atoms with E-state index in [9.17, 15) is 0 Å². The van der Waals surface area contributed by atoms with Gasteiger partial charge in [0.15, 0.2) is 0 Å². The van der Waals surface area contributed by atoms with E-state index in [0.29, 0.717) is 11.6 Å². The molecular weight excluding hydrogens is 256 g/mol. The predicted molar refractivity (Wildman–Crippen MR) is 70.5 cm³/mol. The van der Waals surface area contributed by atoms with Gasteiger partial charge in [0.2, 0.25) is 0 Å². The number of nitrogens with one attached hydrogen (secondary N) is 2. The second-order valence-electron chi connectivity index (χ2n) is 3.55. The van der Waals surface area contributed by atoms with Gasteiger partial charge in [-0.1, -0.05) is 11.6 Å². The standard InChI is InChI=1S/C11H9ClN4S/c12-8-1-2-9-11(16-6-17-9)10(8)14-4-7-3-13-5-15-7/h1-3,5-6,14H,4H2,(H,13,15). The van der Waals surface area contributed by atoms with E-state index in [1.165, 1.54) is 0 Å². The van der Waals surface area contributed by atoms with E-state index < -0.39 is 0 Å². The van der Waals surface area contributed by atoms with Crippen LogP contribution in [-0.4, -0.2) is 15.0 Å². The zero-order valence-electron chi connectivity index (χ0n) is 8.77. The van der Waals surface area contributed by atoms with Crippen LogP contribution in [0.4, 0.5) is 5.69 Å². The van der Waals surface area contributed by atoms with Crippen LogP contribution in [-0.2, 0) is 6.54 Å². The van der Waals surface area contributed by atoms with Crippen molar-refractivity contribution < 1.29 is 0 Å². The van der Waals surface area contributed by atoms with Crippen LogP contribution in [0.15, 0.2) is 30.2 Å². The molecular formula is C11H9ClN4S. The first kappa shape index (κ1) is 10.6. The molecule has 2 N–H and O–H groups in total. The molecule has 4 nitrogen and oxygen atoms in total. The number of H-pyrrole nitrogens is 1. The smallest absolute Gasteiger partial charge is 0.106 e. The first-order chi connectivity index (χ1) is 8.34. The lowest BCUT2D eigenvalue weighted by atomic mass is 10.3. The number of aromatic amines is 1. The molecule has 0 amide bonds. The summed E-state index contributed by atoms with van der Waals surface area (Å²) in [5.41, 5.74) is 4.62. The van der Waals surface area contributed by atoms with Gasteiger partial charge in [-0.15, -0.1) is 11.3 Å². The minimum Gasteiger partial charge on any atom is -0.376 e. The van der Waals surface area contributed by atoms with Crippen molar-refractivity contribution in [2.24, 2.45) is 0 Å². The van der Waals surface area contributed by atoms with Gasteiger partial charge in [-0.3, -0.25) is 0 Å². The molecule has 17 heavy (non-hydrogen) atoms. The Morgan fingerprint density at radius 1 is 1.41 bits per heavy atom. The molecule has 0 aliphatic rings. The number of rotatable bonds is 3. The fraction of sp³-hybridized carbons (Fsp3) is 0.0909. The maximum Gasteiger partial charge on any atom is 0.106 e. The summed E-state index contributed by atoms with van der Waals surface area (Å²) in [5, 5.41) is 3.97. The van der Waals surface area contributed by atoms with Crippen LogP contribution >= 0.6 is 22.9 Å². The Hall–Kier alpha value is -1.59. The van der Waals surface area contributed by atoms with E-state index in [1.54, 1.807) is 23.9 Å². The molecule has 0 aliphatic carbocycles. The number of imidazole rings is 1. The minimum absolute atomic E-state index is 0.649. The normalized spacial score (nSPS) is 10.9. The van der Waals surface area contributed by atoms with Gasteiger partial charge < -0.3 is 10.3 Å². The third kappa shape index (κ3) is 1.99. The molecule has 0 spiro atoms. The van der Waals surface area contributed by atoms with Gasteiger partial charge in [0.25, 0.3) is 0 Å². The predicted octanol–water partition coefficient (Wildman–Crippen LogP) is 3.28. The third-order valence-electron chi connectivity index (χ3n) is 2.46. The number of anilines is 1. The van der Waals surface area contributed by atoms with Gasteiger partial charge in [-0.2, -0.15) is 0 Å². The van der Waals surface area contributed by atoms with Crippen LogP contribution < -0.4 is 5.32 Å². The third-order valence-corrected chi connectivity index (χ3v) is 3.57.